The second-order valence-corrected chi connectivity index (χ2v) is 5.81. The lowest BCUT2D eigenvalue weighted by molar-refractivity contribution is -0.0798. The average Bonchev–Trinajstić information content (AvgIpc) is 2.47. The van der Waals surface area contributed by atoms with E-state index in [4.69, 9.17) is 4.84 Å². The molecule has 118 valence electrons. The van der Waals surface area contributed by atoms with E-state index in [0.29, 0.717) is 24.1 Å². The molecule has 1 saturated heterocycles. The van der Waals surface area contributed by atoms with E-state index in [9.17, 15) is 9.50 Å². The second kappa shape index (κ2) is 6.60. The van der Waals surface area contributed by atoms with Crippen LogP contribution in [0, 0.1) is 5.82 Å². The summed E-state index contributed by atoms with van der Waals surface area (Å²) in [5.41, 5.74) is 0. The van der Waals surface area contributed by atoms with Gasteiger partial charge in [-0.25, -0.2) is 4.39 Å². The summed E-state index contributed by atoms with van der Waals surface area (Å²) in [7, 11) is 0. The number of hydrogen-bond acceptors (Lipinski definition) is 4. The molecule has 2 atom stereocenters. The van der Waals surface area contributed by atoms with Gasteiger partial charge in [-0.15, -0.1) is 5.06 Å². The van der Waals surface area contributed by atoms with Gasteiger partial charge in [-0.1, -0.05) is 24.3 Å². The highest BCUT2D eigenvalue weighted by atomic mass is 19.1. The zero-order valence-electron chi connectivity index (χ0n) is 12.6. The van der Waals surface area contributed by atoms with Gasteiger partial charge in [0.1, 0.15) is 5.82 Å². The first kappa shape index (κ1) is 15.2. The Morgan fingerprint density at radius 1 is 1.36 bits per heavy atom. The summed E-state index contributed by atoms with van der Waals surface area (Å²) in [5.74, 6) is 0.261. The van der Waals surface area contributed by atoms with Gasteiger partial charge in [-0.3, -0.25) is 0 Å². The van der Waals surface area contributed by atoms with Gasteiger partial charge in [0.25, 0.3) is 0 Å². The molecule has 0 saturated carbocycles. The van der Waals surface area contributed by atoms with Crippen molar-refractivity contribution in [2.24, 2.45) is 0 Å². The van der Waals surface area contributed by atoms with Crippen LogP contribution >= 0.6 is 0 Å². The van der Waals surface area contributed by atoms with E-state index in [1.54, 1.807) is 19.1 Å². The molecule has 1 aliphatic heterocycles. The van der Waals surface area contributed by atoms with Crippen molar-refractivity contribution in [2.45, 2.75) is 25.5 Å². The van der Waals surface area contributed by atoms with Gasteiger partial charge in [0, 0.05) is 19.1 Å². The normalized spacial score (nSPS) is 21.0. The number of piperazine rings is 1. The van der Waals surface area contributed by atoms with Gasteiger partial charge in [0.05, 0.1) is 18.0 Å². The molecule has 22 heavy (non-hydrogen) atoms. The minimum atomic E-state index is -0.354. The van der Waals surface area contributed by atoms with E-state index in [-0.39, 0.29) is 18.0 Å². The molecule has 0 radical (unpaired) electrons. The zero-order chi connectivity index (χ0) is 15.5. The summed E-state index contributed by atoms with van der Waals surface area (Å²) >= 11 is 0. The number of rotatable bonds is 4. The number of hydroxylamine groups is 2. The van der Waals surface area contributed by atoms with Crippen LogP contribution in [0.25, 0.3) is 10.8 Å². The predicted octanol–water partition coefficient (Wildman–Crippen LogP) is 2.32. The summed E-state index contributed by atoms with van der Waals surface area (Å²) in [5, 5.41) is 16.0. The Morgan fingerprint density at radius 2 is 2.14 bits per heavy atom. The highest BCUT2D eigenvalue weighted by molar-refractivity contribution is 5.88. The van der Waals surface area contributed by atoms with Crippen molar-refractivity contribution < 1.29 is 14.3 Å². The van der Waals surface area contributed by atoms with Crippen molar-refractivity contribution >= 4 is 10.8 Å². The second-order valence-electron chi connectivity index (χ2n) is 5.81. The molecular weight excluding hydrogens is 283 g/mol. The van der Waals surface area contributed by atoms with E-state index in [0.717, 1.165) is 18.5 Å². The molecule has 0 spiro atoms. The average molecular weight is 304 g/mol. The maximum atomic E-state index is 14.1. The van der Waals surface area contributed by atoms with Gasteiger partial charge >= 0.3 is 0 Å². The first-order chi connectivity index (χ1) is 10.6. The summed E-state index contributed by atoms with van der Waals surface area (Å²) in [6, 6.07) is 10.7. The van der Waals surface area contributed by atoms with E-state index < -0.39 is 0 Å². The topological polar surface area (TPSA) is 44.7 Å². The molecule has 2 aromatic rings. The van der Waals surface area contributed by atoms with Gasteiger partial charge in [-0.05, 0) is 30.9 Å². The zero-order valence-corrected chi connectivity index (χ0v) is 12.6. The number of aliphatic hydroxyl groups excluding tert-OH is 1. The molecule has 0 amide bonds. The summed E-state index contributed by atoms with van der Waals surface area (Å²) in [6.45, 7) is 3.95. The van der Waals surface area contributed by atoms with Gasteiger partial charge in [-0.2, -0.15) is 0 Å². The monoisotopic (exact) mass is 304 g/mol. The van der Waals surface area contributed by atoms with E-state index in [1.165, 1.54) is 6.07 Å². The molecule has 3 rings (SSSR count). The first-order valence-corrected chi connectivity index (χ1v) is 7.65. The third-order valence-corrected chi connectivity index (χ3v) is 3.89. The minimum Gasteiger partial charge on any atom is -0.405 e. The standard InChI is InChI=1S/C17H21FN2O2/c1-12(21)10-14-11-20(9-8-19-14)22-16-7-3-5-13-4-2-6-15(18)17(13)16/h2-7,12,14,19,21H,8-11H2,1H3. The molecule has 1 heterocycles. The Balaban J connectivity index is 1.78. The number of fused-ring (bicyclic) bond motifs is 1. The number of aliphatic hydroxyl groups is 1. The summed E-state index contributed by atoms with van der Waals surface area (Å²) in [4.78, 5) is 5.93. The molecule has 4 nitrogen and oxygen atoms in total. The number of hydrogen-bond donors (Lipinski definition) is 2. The molecular formula is C17H21FN2O2. The Labute approximate surface area is 129 Å². The van der Waals surface area contributed by atoms with Crippen molar-refractivity contribution in [3.8, 4) is 5.75 Å². The van der Waals surface area contributed by atoms with Crippen LogP contribution in [0.5, 0.6) is 5.75 Å². The molecule has 0 aromatic heterocycles. The quantitative estimate of drug-likeness (QED) is 0.910. The smallest absolute Gasteiger partial charge is 0.158 e. The van der Waals surface area contributed by atoms with Gasteiger partial charge in [0.15, 0.2) is 5.75 Å². The van der Waals surface area contributed by atoms with Crippen LogP contribution in [0.15, 0.2) is 36.4 Å². The van der Waals surface area contributed by atoms with Crippen LogP contribution in [-0.4, -0.2) is 41.9 Å². The van der Waals surface area contributed by atoms with Crippen LogP contribution < -0.4 is 10.2 Å². The van der Waals surface area contributed by atoms with Crippen molar-refractivity contribution in [3.05, 3.63) is 42.2 Å². The highest BCUT2D eigenvalue weighted by Gasteiger charge is 2.22. The van der Waals surface area contributed by atoms with Crippen LogP contribution in [0.1, 0.15) is 13.3 Å². The number of benzene rings is 2. The lowest BCUT2D eigenvalue weighted by Gasteiger charge is -2.33. The fourth-order valence-corrected chi connectivity index (χ4v) is 2.92. The van der Waals surface area contributed by atoms with E-state index in [2.05, 4.69) is 5.32 Å². The minimum absolute atomic E-state index is 0.175. The van der Waals surface area contributed by atoms with E-state index in [1.807, 2.05) is 23.3 Å². The van der Waals surface area contributed by atoms with Crippen LogP contribution in [0.2, 0.25) is 0 Å². The number of nitrogens with one attached hydrogen (secondary N) is 1. The summed E-state index contributed by atoms with van der Waals surface area (Å²) < 4.78 is 14.1. The maximum Gasteiger partial charge on any atom is 0.158 e. The van der Waals surface area contributed by atoms with Crippen molar-refractivity contribution in [2.75, 3.05) is 19.6 Å². The molecule has 1 fully saturated rings. The molecule has 0 bridgehead atoms. The lowest BCUT2D eigenvalue weighted by Crippen LogP contribution is -2.52. The van der Waals surface area contributed by atoms with E-state index >= 15 is 0 Å². The Kier molecular flexibility index (Phi) is 4.57. The Bertz CT molecular complexity index is 642. The largest absolute Gasteiger partial charge is 0.405 e. The fourth-order valence-electron chi connectivity index (χ4n) is 2.92. The lowest BCUT2D eigenvalue weighted by atomic mass is 10.1. The maximum absolute atomic E-state index is 14.1. The van der Waals surface area contributed by atoms with Gasteiger partial charge < -0.3 is 15.3 Å². The number of halogens is 1. The fraction of sp³-hybridized carbons (Fsp3) is 0.412. The van der Waals surface area contributed by atoms with Crippen LogP contribution in [0.4, 0.5) is 4.39 Å². The first-order valence-electron chi connectivity index (χ1n) is 7.65. The molecule has 0 aliphatic carbocycles. The third kappa shape index (κ3) is 3.38. The molecule has 2 aromatic carbocycles. The van der Waals surface area contributed by atoms with Gasteiger partial charge in [0.2, 0.25) is 0 Å². The summed E-state index contributed by atoms with van der Waals surface area (Å²) in [6.07, 6.45) is 0.316. The molecule has 5 heteroatoms. The van der Waals surface area contributed by atoms with Crippen LogP contribution in [0.3, 0.4) is 0 Å². The molecule has 1 aliphatic rings. The highest BCUT2D eigenvalue weighted by Crippen LogP contribution is 2.28. The predicted molar refractivity (Wildman–Crippen MR) is 84.2 cm³/mol. The van der Waals surface area contributed by atoms with Crippen molar-refractivity contribution in [3.63, 3.8) is 0 Å². The molecule has 2 N–H and O–H groups in total. The van der Waals surface area contributed by atoms with Crippen molar-refractivity contribution in [1.29, 1.82) is 0 Å². The number of nitrogens with zero attached hydrogens (tertiary/aromatic N) is 1. The Morgan fingerprint density at radius 3 is 2.91 bits per heavy atom. The third-order valence-electron chi connectivity index (χ3n) is 3.89. The molecule has 2 unspecified atom stereocenters. The van der Waals surface area contributed by atoms with Crippen molar-refractivity contribution in [1.82, 2.24) is 10.4 Å². The Hall–Kier alpha value is -1.69. The SMILES string of the molecule is CC(O)CC1CN(Oc2cccc3cccc(F)c23)CCN1. The van der Waals surface area contributed by atoms with Crippen LogP contribution in [-0.2, 0) is 0 Å².